The number of halogens is 2. The highest BCUT2D eigenvalue weighted by Crippen LogP contribution is 2.35. The molecular formula is C20H22Br2N2O2. The van der Waals surface area contributed by atoms with Crippen molar-refractivity contribution in [1.82, 2.24) is 5.43 Å². The highest BCUT2D eigenvalue weighted by atomic mass is 79.9. The van der Waals surface area contributed by atoms with E-state index in [2.05, 4.69) is 48.5 Å². The maximum Gasteiger partial charge on any atom is 0.244 e. The summed E-state index contributed by atoms with van der Waals surface area (Å²) in [6, 6.07) is 9.84. The van der Waals surface area contributed by atoms with Gasteiger partial charge in [-0.1, -0.05) is 23.8 Å². The SMILES string of the molecule is Cc1ccc(CC(=O)N/N=C\c2cc(Br)c(OC(C)C)c(Br)c2)c(C)c1. The highest BCUT2D eigenvalue weighted by molar-refractivity contribution is 9.11. The monoisotopic (exact) mass is 480 g/mol. The number of nitrogens with zero attached hydrogens (tertiary/aromatic N) is 1. The van der Waals surface area contributed by atoms with Crippen molar-refractivity contribution in [2.24, 2.45) is 5.10 Å². The summed E-state index contributed by atoms with van der Waals surface area (Å²) >= 11 is 7.00. The van der Waals surface area contributed by atoms with Gasteiger partial charge in [-0.3, -0.25) is 4.79 Å². The summed E-state index contributed by atoms with van der Waals surface area (Å²) < 4.78 is 7.40. The third-order valence-corrected chi connectivity index (χ3v) is 4.80. The molecule has 6 heteroatoms. The highest BCUT2D eigenvalue weighted by Gasteiger charge is 2.10. The van der Waals surface area contributed by atoms with Crippen molar-refractivity contribution < 1.29 is 9.53 Å². The van der Waals surface area contributed by atoms with E-state index in [9.17, 15) is 4.79 Å². The van der Waals surface area contributed by atoms with Crippen LogP contribution in [-0.4, -0.2) is 18.2 Å². The first-order chi connectivity index (χ1) is 12.3. The van der Waals surface area contributed by atoms with E-state index >= 15 is 0 Å². The number of hydrogen-bond acceptors (Lipinski definition) is 3. The molecule has 26 heavy (non-hydrogen) atoms. The first kappa shape index (κ1) is 20.6. The molecule has 1 N–H and O–H groups in total. The first-order valence-electron chi connectivity index (χ1n) is 8.30. The largest absolute Gasteiger partial charge is 0.489 e. The van der Waals surface area contributed by atoms with Crippen LogP contribution in [0, 0.1) is 13.8 Å². The van der Waals surface area contributed by atoms with Gasteiger partial charge in [0, 0.05) is 0 Å². The number of hydrogen-bond donors (Lipinski definition) is 1. The third kappa shape index (κ3) is 5.95. The van der Waals surface area contributed by atoms with Crippen molar-refractivity contribution in [2.75, 3.05) is 0 Å². The number of ether oxygens (including phenoxy) is 1. The van der Waals surface area contributed by atoms with Crippen LogP contribution in [0.25, 0.3) is 0 Å². The normalized spacial score (nSPS) is 11.2. The number of benzene rings is 2. The molecular weight excluding hydrogens is 460 g/mol. The Bertz CT molecular complexity index is 810. The zero-order valence-corrected chi connectivity index (χ0v) is 18.4. The van der Waals surface area contributed by atoms with Gasteiger partial charge in [0.2, 0.25) is 5.91 Å². The number of carbonyl (C=O) groups excluding carboxylic acids is 1. The fourth-order valence-electron chi connectivity index (χ4n) is 2.44. The second-order valence-electron chi connectivity index (χ2n) is 6.38. The average molecular weight is 482 g/mol. The molecule has 0 atom stereocenters. The van der Waals surface area contributed by atoms with E-state index in [4.69, 9.17) is 4.74 Å². The standard InChI is InChI=1S/C20H22Br2N2O2/c1-12(2)26-20-17(21)8-15(9-18(20)22)11-23-24-19(25)10-16-6-5-13(3)7-14(16)4/h5-9,11-12H,10H2,1-4H3,(H,24,25)/b23-11-. The molecule has 0 saturated heterocycles. The van der Waals surface area contributed by atoms with E-state index < -0.39 is 0 Å². The van der Waals surface area contributed by atoms with E-state index in [1.165, 1.54) is 5.56 Å². The van der Waals surface area contributed by atoms with Gasteiger partial charge in [0.1, 0.15) is 5.75 Å². The molecule has 2 rings (SSSR count). The van der Waals surface area contributed by atoms with Crippen molar-refractivity contribution in [2.45, 2.75) is 40.2 Å². The van der Waals surface area contributed by atoms with Crippen molar-refractivity contribution in [1.29, 1.82) is 0 Å². The van der Waals surface area contributed by atoms with E-state index in [-0.39, 0.29) is 12.0 Å². The zero-order chi connectivity index (χ0) is 19.3. The molecule has 0 fully saturated rings. The lowest BCUT2D eigenvalue weighted by Gasteiger charge is -2.13. The molecule has 138 valence electrons. The van der Waals surface area contributed by atoms with Crippen LogP contribution >= 0.6 is 31.9 Å². The second-order valence-corrected chi connectivity index (χ2v) is 8.09. The fraction of sp³-hybridized carbons (Fsp3) is 0.300. The minimum Gasteiger partial charge on any atom is -0.489 e. The number of rotatable bonds is 6. The lowest BCUT2D eigenvalue weighted by Crippen LogP contribution is -2.20. The summed E-state index contributed by atoms with van der Waals surface area (Å²) in [4.78, 5) is 12.1. The number of hydrazone groups is 1. The van der Waals surface area contributed by atoms with Crippen LogP contribution < -0.4 is 10.2 Å². The minimum absolute atomic E-state index is 0.0756. The zero-order valence-electron chi connectivity index (χ0n) is 15.3. The molecule has 0 spiro atoms. The Balaban J connectivity index is 2.00. The molecule has 0 aromatic heterocycles. The maximum atomic E-state index is 12.1. The smallest absolute Gasteiger partial charge is 0.244 e. The molecule has 0 heterocycles. The number of nitrogens with one attached hydrogen (secondary N) is 1. The molecule has 0 aliphatic carbocycles. The van der Waals surface area contributed by atoms with Gasteiger partial charge < -0.3 is 4.74 Å². The van der Waals surface area contributed by atoms with Crippen LogP contribution in [0.4, 0.5) is 0 Å². The van der Waals surface area contributed by atoms with Crippen molar-refractivity contribution in [3.63, 3.8) is 0 Å². The lowest BCUT2D eigenvalue weighted by atomic mass is 10.0. The summed E-state index contributed by atoms with van der Waals surface area (Å²) in [6.07, 6.45) is 1.98. The summed E-state index contributed by atoms with van der Waals surface area (Å²) in [5, 5.41) is 4.05. The first-order valence-corrected chi connectivity index (χ1v) is 9.88. The molecule has 0 saturated carbocycles. The Labute approximate surface area is 171 Å². The average Bonchev–Trinajstić information content (AvgIpc) is 2.53. The molecule has 1 amide bonds. The quantitative estimate of drug-likeness (QED) is 0.449. The van der Waals surface area contributed by atoms with Gasteiger partial charge in [0.05, 0.1) is 27.7 Å². The van der Waals surface area contributed by atoms with Gasteiger partial charge in [-0.2, -0.15) is 5.10 Å². The van der Waals surface area contributed by atoms with Crippen LogP contribution in [0.2, 0.25) is 0 Å². The molecule has 2 aromatic carbocycles. The topological polar surface area (TPSA) is 50.7 Å². The fourth-order valence-corrected chi connectivity index (χ4v) is 3.85. The second kappa shape index (κ2) is 9.33. The number of amides is 1. The van der Waals surface area contributed by atoms with Crippen LogP contribution in [0.1, 0.15) is 36.1 Å². The van der Waals surface area contributed by atoms with Crippen LogP contribution in [0.5, 0.6) is 5.75 Å². The summed E-state index contributed by atoms with van der Waals surface area (Å²) in [5.74, 6) is 0.599. The van der Waals surface area contributed by atoms with E-state index in [0.29, 0.717) is 6.42 Å². The van der Waals surface area contributed by atoms with Gasteiger partial charge in [0.15, 0.2) is 0 Å². The molecule has 0 bridgehead atoms. The van der Waals surface area contributed by atoms with Gasteiger partial charge in [0.25, 0.3) is 0 Å². The molecule has 2 aromatic rings. The van der Waals surface area contributed by atoms with Gasteiger partial charge in [-0.15, -0.1) is 0 Å². The number of aryl methyl sites for hydroxylation is 2. The van der Waals surface area contributed by atoms with E-state index in [1.54, 1.807) is 6.21 Å². The molecule has 0 aliphatic heterocycles. The lowest BCUT2D eigenvalue weighted by molar-refractivity contribution is -0.120. The molecule has 4 nitrogen and oxygen atoms in total. The molecule has 0 radical (unpaired) electrons. The Morgan fingerprint density at radius 3 is 2.42 bits per heavy atom. The summed E-state index contributed by atoms with van der Waals surface area (Å²) in [5.41, 5.74) is 6.71. The van der Waals surface area contributed by atoms with Crippen molar-refractivity contribution in [3.05, 3.63) is 61.5 Å². The predicted molar refractivity (Wildman–Crippen MR) is 113 cm³/mol. The van der Waals surface area contributed by atoms with Gasteiger partial charge in [-0.25, -0.2) is 5.43 Å². The van der Waals surface area contributed by atoms with Crippen LogP contribution in [0.15, 0.2) is 44.4 Å². The Morgan fingerprint density at radius 2 is 1.85 bits per heavy atom. The van der Waals surface area contributed by atoms with Crippen molar-refractivity contribution >= 4 is 44.0 Å². The van der Waals surface area contributed by atoms with Gasteiger partial charge >= 0.3 is 0 Å². The van der Waals surface area contributed by atoms with E-state index in [1.807, 2.05) is 52.0 Å². The van der Waals surface area contributed by atoms with E-state index in [0.717, 1.165) is 31.4 Å². The van der Waals surface area contributed by atoms with Crippen LogP contribution in [0.3, 0.4) is 0 Å². The summed E-state index contributed by atoms with van der Waals surface area (Å²) in [7, 11) is 0. The Kier molecular flexibility index (Phi) is 7.41. The predicted octanol–water partition coefficient (Wildman–Crippen LogP) is 5.31. The molecule has 0 aliphatic rings. The minimum atomic E-state index is -0.147. The van der Waals surface area contributed by atoms with Gasteiger partial charge in [-0.05, 0) is 88.4 Å². The summed E-state index contributed by atoms with van der Waals surface area (Å²) in [6.45, 7) is 7.99. The Hall–Kier alpha value is -1.66. The third-order valence-electron chi connectivity index (χ3n) is 3.63. The maximum absolute atomic E-state index is 12.1. The van der Waals surface area contributed by atoms with Crippen molar-refractivity contribution in [3.8, 4) is 5.75 Å². The Morgan fingerprint density at radius 1 is 1.19 bits per heavy atom. The van der Waals surface area contributed by atoms with Crippen LogP contribution in [-0.2, 0) is 11.2 Å². The molecule has 0 unspecified atom stereocenters. The number of carbonyl (C=O) groups is 1.